The Balaban J connectivity index is 5.14. The maximum absolute atomic E-state index is 13.1. The monoisotopic (exact) mass is 1420 g/mol. The van der Waals surface area contributed by atoms with Crippen LogP contribution in [0.15, 0.2) is 0 Å². The minimum atomic E-state index is -4.96. The summed E-state index contributed by atoms with van der Waals surface area (Å²) >= 11 is 0. The lowest BCUT2D eigenvalue weighted by molar-refractivity contribution is -0.161. The quantitative estimate of drug-likeness (QED) is 0.0222. The van der Waals surface area contributed by atoms with E-state index in [-0.39, 0.29) is 25.7 Å². The number of hydrogen-bond acceptors (Lipinski definition) is 15. The number of hydrogen-bond donors (Lipinski definition) is 3. The first kappa shape index (κ1) is 95.1. The number of carbonyl (C=O) groups is 4. The van der Waals surface area contributed by atoms with Gasteiger partial charge in [0.15, 0.2) is 12.2 Å². The van der Waals surface area contributed by atoms with Crippen LogP contribution >= 0.6 is 15.6 Å². The molecule has 0 aliphatic heterocycles. The van der Waals surface area contributed by atoms with E-state index in [9.17, 15) is 43.2 Å². The van der Waals surface area contributed by atoms with Crippen LogP contribution < -0.4 is 0 Å². The van der Waals surface area contributed by atoms with E-state index in [1.807, 2.05) is 0 Å². The van der Waals surface area contributed by atoms with Gasteiger partial charge in [-0.2, -0.15) is 0 Å². The smallest absolute Gasteiger partial charge is 0.462 e. The zero-order valence-electron chi connectivity index (χ0n) is 63.7. The standard InChI is InChI=1S/C78H152O17P2/c1-9-70(7)56-48-40-32-26-22-17-15-13-11-12-14-16-18-23-27-33-42-50-58-75(80)88-64-73(95-78(83)61-53-45-35-29-31-39-47-55-69(5)6)66-92-96(84,85)90-62-72(79)63-91-97(86,87)93-67-74(65-89-76(81)59-51-43-37-36-41-49-57-71(8)10-2)94-77(82)60-52-44-34-28-24-20-19-21-25-30-38-46-54-68(3)4/h68-74,79H,9-67H2,1-8H3,(H,84,85)(H,86,87)/t70?,71?,72-,73-,74-/m1/s1. The topological polar surface area (TPSA) is 237 Å². The van der Waals surface area contributed by atoms with Gasteiger partial charge in [0, 0.05) is 25.7 Å². The SMILES string of the molecule is CCC(C)CCCCCCCCCCCCCCCCCCCCC(=O)OC[C@H](COP(=O)(O)OC[C@@H](O)COP(=O)(O)OC[C@@H](COC(=O)CCCCCCCCC(C)CC)OC(=O)CCCCCCCCCCCCCCC(C)C)OC(=O)CCCCCCCCCC(C)C. The van der Waals surface area contributed by atoms with E-state index in [2.05, 4.69) is 55.4 Å². The summed E-state index contributed by atoms with van der Waals surface area (Å²) in [5.41, 5.74) is 0. The van der Waals surface area contributed by atoms with Crippen LogP contribution in [0.4, 0.5) is 0 Å². The lowest BCUT2D eigenvalue weighted by Crippen LogP contribution is -2.30. The van der Waals surface area contributed by atoms with Crippen LogP contribution in [-0.2, 0) is 65.4 Å². The van der Waals surface area contributed by atoms with Gasteiger partial charge in [-0.1, -0.05) is 344 Å². The molecule has 0 bridgehead atoms. The van der Waals surface area contributed by atoms with Crippen LogP contribution in [0.3, 0.4) is 0 Å². The van der Waals surface area contributed by atoms with Crippen molar-refractivity contribution in [1.82, 2.24) is 0 Å². The molecular formula is C78H152O17P2. The van der Waals surface area contributed by atoms with Gasteiger partial charge in [0.1, 0.15) is 19.3 Å². The van der Waals surface area contributed by atoms with Gasteiger partial charge in [0.25, 0.3) is 0 Å². The number of rotatable bonds is 75. The minimum absolute atomic E-state index is 0.104. The molecule has 0 aliphatic rings. The first-order valence-corrected chi connectivity index (χ1v) is 43.3. The van der Waals surface area contributed by atoms with E-state index < -0.39 is 97.5 Å². The fourth-order valence-electron chi connectivity index (χ4n) is 11.8. The Morgan fingerprint density at radius 2 is 0.495 bits per heavy atom. The summed E-state index contributed by atoms with van der Waals surface area (Å²) in [6.07, 6.45) is 53.0. The van der Waals surface area contributed by atoms with Crippen molar-refractivity contribution in [3.05, 3.63) is 0 Å². The van der Waals surface area contributed by atoms with Crippen LogP contribution in [-0.4, -0.2) is 96.7 Å². The van der Waals surface area contributed by atoms with Crippen molar-refractivity contribution in [2.75, 3.05) is 39.6 Å². The first-order valence-electron chi connectivity index (χ1n) is 40.3. The Hall–Kier alpha value is -1.94. The van der Waals surface area contributed by atoms with Crippen LogP contribution in [0.2, 0.25) is 0 Å². The van der Waals surface area contributed by atoms with Gasteiger partial charge >= 0.3 is 39.5 Å². The zero-order valence-corrected chi connectivity index (χ0v) is 65.5. The maximum Gasteiger partial charge on any atom is 0.472 e. The number of phosphoric ester groups is 2. The summed E-state index contributed by atoms with van der Waals surface area (Å²) in [6, 6.07) is 0. The Morgan fingerprint density at radius 3 is 0.732 bits per heavy atom. The molecule has 576 valence electrons. The van der Waals surface area contributed by atoms with Crippen LogP contribution in [0.5, 0.6) is 0 Å². The van der Waals surface area contributed by atoms with Crippen molar-refractivity contribution >= 4 is 39.5 Å². The van der Waals surface area contributed by atoms with Crippen molar-refractivity contribution in [2.24, 2.45) is 23.7 Å². The van der Waals surface area contributed by atoms with Crippen LogP contribution in [0.25, 0.3) is 0 Å². The predicted molar refractivity (Wildman–Crippen MR) is 395 cm³/mol. The van der Waals surface area contributed by atoms with E-state index in [0.29, 0.717) is 31.6 Å². The van der Waals surface area contributed by atoms with Gasteiger partial charge in [-0.15, -0.1) is 0 Å². The molecule has 0 amide bonds. The molecule has 3 N–H and O–H groups in total. The van der Waals surface area contributed by atoms with Crippen molar-refractivity contribution in [1.29, 1.82) is 0 Å². The van der Waals surface area contributed by atoms with Gasteiger partial charge in [-0.3, -0.25) is 37.3 Å². The van der Waals surface area contributed by atoms with E-state index in [0.717, 1.165) is 114 Å². The average molecular weight is 1420 g/mol. The molecule has 0 aromatic carbocycles. The summed E-state index contributed by atoms with van der Waals surface area (Å²) < 4.78 is 68.5. The number of phosphoric acid groups is 2. The molecule has 0 saturated carbocycles. The lowest BCUT2D eigenvalue weighted by atomic mass is 9.99. The lowest BCUT2D eigenvalue weighted by Gasteiger charge is -2.21. The summed E-state index contributed by atoms with van der Waals surface area (Å²) in [5, 5.41) is 10.6. The Morgan fingerprint density at radius 1 is 0.289 bits per heavy atom. The molecule has 97 heavy (non-hydrogen) atoms. The number of ether oxygens (including phenoxy) is 4. The fraction of sp³-hybridized carbons (Fsp3) is 0.949. The molecule has 0 spiro atoms. The number of carbonyl (C=O) groups excluding carboxylic acids is 4. The predicted octanol–water partition coefficient (Wildman–Crippen LogP) is 22.8. The highest BCUT2D eigenvalue weighted by molar-refractivity contribution is 7.47. The molecule has 19 heteroatoms. The normalized spacial score (nSPS) is 14.6. The average Bonchev–Trinajstić information content (AvgIpc) is 0.979. The molecule has 0 aromatic heterocycles. The molecule has 0 heterocycles. The molecule has 0 radical (unpaired) electrons. The minimum Gasteiger partial charge on any atom is -0.462 e. The maximum atomic E-state index is 13.1. The van der Waals surface area contributed by atoms with Gasteiger partial charge in [-0.05, 0) is 49.4 Å². The van der Waals surface area contributed by atoms with Gasteiger partial charge in [0.05, 0.1) is 26.4 Å². The number of esters is 4. The van der Waals surface area contributed by atoms with E-state index >= 15 is 0 Å². The van der Waals surface area contributed by atoms with Crippen LogP contribution in [0, 0.1) is 23.7 Å². The van der Waals surface area contributed by atoms with Gasteiger partial charge in [0.2, 0.25) is 0 Å². The molecule has 7 atom stereocenters. The van der Waals surface area contributed by atoms with E-state index in [1.165, 1.54) is 193 Å². The van der Waals surface area contributed by atoms with Gasteiger partial charge < -0.3 is 33.8 Å². The van der Waals surface area contributed by atoms with E-state index in [4.69, 9.17) is 37.0 Å². The molecule has 17 nitrogen and oxygen atoms in total. The van der Waals surface area contributed by atoms with Gasteiger partial charge in [-0.25, -0.2) is 9.13 Å². The number of aliphatic hydroxyl groups is 1. The molecule has 0 rings (SSSR count). The number of aliphatic hydroxyl groups excluding tert-OH is 1. The third-order valence-corrected chi connectivity index (χ3v) is 20.7. The third kappa shape index (κ3) is 69.5. The fourth-order valence-corrected chi connectivity index (χ4v) is 13.4. The second-order valence-electron chi connectivity index (χ2n) is 29.5. The Kier molecular flexibility index (Phi) is 65.9. The summed E-state index contributed by atoms with van der Waals surface area (Å²) in [4.78, 5) is 72.8. The second kappa shape index (κ2) is 67.2. The summed E-state index contributed by atoms with van der Waals surface area (Å²) in [5.74, 6) is 0.954. The summed E-state index contributed by atoms with van der Waals surface area (Å²) in [6.45, 7) is 14.2. The Bertz CT molecular complexity index is 1910. The number of unbranched alkanes of at least 4 members (excludes halogenated alkanes) is 39. The van der Waals surface area contributed by atoms with E-state index in [1.54, 1.807) is 0 Å². The first-order chi connectivity index (χ1) is 46.7. The van der Waals surface area contributed by atoms with Crippen molar-refractivity contribution < 1.29 is 80.2 Å². The highest BCUT2D eigenvalue weighted by atomic mass is 31.2. The molecule has 0 aromatic rings. The molecule has 4 unspecified atom stereocenters. The Labute approximate surface area is 594 Å². The van der Waals surface area contributed by atoms with Crippen LogP contribution in [0.1, 0.15) is 396 Å². The zero-order chi connectivity index (χ0) is 71.7. The second-order valence-corrected chi connectivity index (χ2v) is 32.4. The highest BCUT2D eigenvalue weighted by Gasteiger charge is 2.30. The molecular weight excluding hydrogens is 1270 g/mol. The molecule has 0 saturated heterocycles. The third-order valence-electron chi connectivity index (χ3n) is 18.8. The molecule has 0 fully saturated rings. The highest BCUT2D eigenvalue weighted by Crippen LogP contribution is 2.45. The van der Waals surface area contributed by atoms with Crippen molar-refractivity contribution in [3.8, 4) is 0 Å². The van der Waals surface area contributed by atoms with Crippen molar-refractivity contribution in [2.45, 2.75) is 414 Å². The largest absolute Gasteiger partial charge is 0.472 e. The molecule has 0 aliphatic carbocycles. The van der Waals surface area contributed by atoms with Crippen molar-refractivity contribution in [3.63, 3.8) is 0 Å². The summed E-state index contributed by atoms with van der Waals surface area (Å²) in [7, 11) is -9.91.